The SMILES string of the molecule is CNCc1cc(S(=O)(=O)N(C)C2CCOCC2)c(C)o1. The Bertz CT molecular complexity index is 547. The van der Waals surface area contributed by atoms with E-state index in [4.69, 9.17) is 9.15 Å². The van der Waals surface area contributed by atoms with Gasteiger partial charge < -0.3 is 14.5 Å². The Morgan fingerprint density at radius 1 is 1.40 bits per heavy atom. The zero-order valence-electron chi connectivity index (χ0n) is 12.2. The van der Waals surface area contributed by atoms with Crippen LogP contribution in [0.2, 0.25) is 0 Å². The Kier molecular flexibility index (Phi) is 4.85. The number of aryl methyl sites for hydroxylation is 1. The third-order valence-corrected chi connectivity index (χ3v) is 5.65. The van der Waals surface area contributed by atoms with Crippen molar-refractivity contribution in [2.45, 2.75) is 37.2 Å². The molecule has 1 fully saturated rings. The molecule has 2 heterocycles. The first-order chi connectivity index (χ1) is 9.46. The van der Waals surface area contributed by atoms with Crippen molar-refractivity contribution in [2.24, 2.45) is 0 Å². The highest BCUT2D eigenvalue weighted by Gasteiger charge is 2.32. The molecule has 0 aromatic carbocycles. The van der Waals surface area contributed by atoms with Crippen molar-refractivity contribution < 1.29 is 17.6 Å². The van der Waals surface area contributed by atoms with Crippen molar-refractivity contribution in [3.05, 3.63) is 17.6 Å². The van der Waals surface area contributed by atoms with Crippen molar-refractivity contribution in [1.82, 2.24) is 9.62 Å². The Labute approximate surface area is 120 Å². The molecule has 0 spiro atoms. The van der Waals surface area contributed by atoms with Crippen LogP contribution in [0.1, 0.15) is 24.4 Å². The van der Waals surface area contributed by atoms with Gasteiger partial charge in [-0.1, -0.05) is 0 Å². The van der Waals surface area contributed by atoms with E-state index in [-0.39, 0.29) is 10.9 Å². The first-order valence-corrected chi connectivity index (χ1v) is 8.20. The molecule has 1 aromatic rings. The van der Waals surface area contributed by atoms with Gasteiger partial charge in [-0.15, -0.1) is 0 Å². The summed E-state index contributed by atoms with van der Waals surface area (Å²) in [5, 5.41) is 2.95. The number of hydrogen-bond acceptors (Lipinski definition) is 5. The lowest BCUT2D eigenvalue weighted by Crippen LogP contribution is -2.40. The topological polar surface area (TPSA) is 71.8 Å². The fraction of sp³-hybridized carbons (Fsp3) is 0.692. The molecule has 20 heavy (non-hydrogen) atoms. The van der Waals surface area contributed by atoms with Crippen LogP contribution in [0.4, 0.5) is 0 Å². The molecule has 114 valence electrons. The molecule has 0 bridgehead atoms. The Morgan fingerprint density at radius 2 is 2.05 bits per heavy atom. The summed E-state index contributed by atoms with van der Waals surface area (Å²) in [5.41, 5.74) is 0. The number of hydrogen-bond donors (Lipinski definition) is 1. The number of ether oxygens (including phenoxy) is 1. The van der Waals surface area contributed by atoms with E-state index < -0.39 is 10.0 Å². The van der Waals surface area contributed by atoms with E-state index in [0.717, 1.165) is 12.8 Å². The van der Waals surface area contributed by atoms with Gasteiger partial charge in [0.25, 0.3) is 0 Å². The molecule has 1 saturated heterocycles. The minimum Gasteiger partial charge on any atom is -0.464 e. The Balaban J connectivity index is 2.24. The Morgan fingerprint density at radius 3 is 2.65 bits per heavy atom. The molecular weight excluding hydrogens is 280 g/mol. The molecule has 1 aliphatic heterocycles. The molecule has 1 aliphatic rings. The molecule has 0 radical (unpaired) electrons. The number of furan rings is 1. The molecule has 2 rings (SSSR count). The second-order valence-electron chi connectivity index (χ2n) is 5.03. The minimum absolute atomic E-state index is 0.00389. The number of sulfonamides is 1. The number of nitrogens with one attached hydrogen (secondary N) is 1. The fourth-order valence-electron chi connectivity index (χ4n) is 2.44. The quantitative estimate of drug-likeness (QED) is 0.882. The lowest BCUT2D eigenvalue weighted by Gasteiger charge is -2.30. The van der Waals surface area contributed by atoms with Crippen molar-refractivity contribution in [1.29, 1.82) is 0 Å². The van der Waals surface area contributed by atoms with Gasteiger partial charge in [-0.3, -0.25) is 0 Å². The van der Waals surface area contributed by atoms with Gasteiger partial charge in [0.05, 0.1) is 6.54 Å². The average Bonchev–Trinajstić information content (AvgIpc) is 2.81. The molecule has 0 unspecified atom stereocenters. The molecule has 0 amide bonds. The van der Waals surface area contributed by atoms with Crippen LogP contribution >= 0.6 is 0 Å². The molecule has 7 heteroatoms. The minimum atomic E-state index is -3.51. The van der Waals surface area contributed by atoms with E-state index in [2.05, 4.69) is 5.32 Å². The maximum Gasteiger partial charge on any atom is 0.246 e. The maximum absolute atomic E-state index is 12.7. The first kappa shape index (κ1) is 15.5. The number of nitrogens with zero attached hydrogens (tertiary/aromatic N) is 1. The largest absolute Gasteiger partial charge is 0.464 e. The van der Waals surface area contributed by atoms with Crippen LogP contribution in [0.15, 0.2) is 15.4 Å². The molecule has 0 aliphatic carbocycles. The van der Waals surface area contributed by atoms with E-state index in [1.54, 1.807) is 27.1 Å². The molecule has 1 aromatic heterocycles. The zero-order chi connectivity index (χ0) is 14.8. The van der Waals surface area contributed by atoms with Crippen molar-refractivity contribution in [2.75, 3.05) is 27.3 Å². The lowest BCUT2D eigenvalue weighted by molar-refractivity contribution is 0.0632. The van der Waals surface area contributed by atoms with Crippen LogP contribution in [0.5, 0.6) is 0 Å². The van der Waals surface area contributed by atoms with Crippen LogP contribution < -0.4 is 5.32 Å². The van der Waals surface area contributed by atoms with Crippen LogP contribution in [-0.2, 0) is 21.3 Å². The highest BCUT2D eigenvalue weighted by molar-refractivity contribution is 7.89. The molecular formula is C13H22N2O4S. The van der Waals surface area contributed by atoms with Gasteiger partial charge in [-0.05, 0) is 26.8 Å². The molecule has 0 atom stereocenters. The standard InChI is InChI=1S/C13H22N2O4S/c1-10-13(8-12(19-10)9-14-2)20(16,17)15(3)11-4-6-18-7-5-11/h8,11,14H,4-7,9H2,1-3H3. The van der Waals surface area contributed by atoms with Crippen molar-refractivity contribution in [3.63, 3.8) is 0 Å². The summed E-state index contributed by atoms with van der Waals surface area (Å²) < 4.78 is 37.6. The van der Waals surface area contributed by atoms with Crippen molar-refractivity contribution in [3.8, 4) is 0 Å². The highest BCUT2D eigenvalue weighted by Crippen LogP contribution is 2.26. The van der Waals surface area contributed by atoms with Gasteiger partial charge in [0.1, 0.15) is 16.4 Å². The van der Waals surface area contributed by atoms with E-state index in [1.807, 2.05) is 0 Å². The van der Waals surface area contributed by atoms with Crippen LogP contribution in [0.25, 0.3) is 0 Å². The van der Waals surface area contributed by atoms with E-state index in [1.165, 1.54) is 4.31 Å². The zero-order valence-corrected chi connectivity index (χ0v) is 13.0. The fourth-order valence-corrected chi connectivity index (χ4v) is 4.04. The van der Waals surface area contributed by atoms with Crippen molar-refractivity contribution >= 4 is 10.0 Å². The lowest BCUT2D eigenvalue weighted by atomic mass is 10.1. The molecule has 6 nitrogen and oxygen atoms in total. The summed E-state index contributed by atoms with van der Waals surface area (Å²) >= 11 is 0. The highest BCUT2D eigenvalue weighted by atomic mass is 32.2. The summed E-state index contributed by atoms with van der Waals surface area (Å²) in [4.78, 5) is 0.261. The normalized spacial score (nSPS) is 17.8. The van der Waals surface area contributed by atoms with Crippen LogP contribution in [-0.4, -0.2) is 46.1 Å². The molecule has 1 N–H and O–H groups in total. The van der Waals surface area contributed by atoms with Crippen LogP contribution in [0, 0.1) is 6.92 Å². The van der Waals surface area contributed by atoms with E-state index >= 15 is 0 Å². The number of rotatable bonds is 5. The second-order valence-corrected chi connectivity index (χ2v) is 6.99. The van der Waals surface area contributed by atoms with Crippen LogP contribution in [0.3, 0.4) is 0 Å². The van der Waals surface area contributed by atoms with Gasteiger partial charge in [0.2, 0.25) is 10.0 Å². The van der Waals surface area contributed by atoms with E-state index in [0.29, 0.717) is 31.3 Å². The van der Waals surface area contributed by atoms with Gasteiger partial charge >= 0.3 is 0 Å². The Hall–Kier alpha value is -0.890. The summed E-state index contributed by atoms with van der Waals surface area (Å²) in [6, 6.07) is 1.60. The summed E-state index contributed by atoms with van der Waals surface area (Å²) in [7, 11) is -0.0842. The summed E-state index contributed by atoms with van der Waals surface area (Å²) in [6.07, 6.45) is 1.46. The van der Waals surface area contributed by atoms with Gasteiger partial charge in [0, 0.05) is 32.4 Å². The predicted octanol–water partition coefficient (Wildman–Crippen LogP) is 1.11. The smallest absolute Gasteiger partial charge is 0.246 e. The first-order valence-electron chi connectivity index (χ1n) is 6.76. The third kappa shape index (κ3) is 3.06. The monoisotopic (exact) mass is 302 g/mol. The average molecular weight is 302 g/mol. The third-order valence-electron chi connectivity index (χ3n) is 3.64. The summed E-state index contributed by atoms with van der Waals surface area (Å²) in [5.74, 6) is 1.07. The summed E-state index contributed by atoms with van der Waals surface area (Å²) in [6.45, 7) is 3.42. The molecule has 0 saturated carbocycles. The van der Waals surface area contributed by atoms with Gasteiger partial charge in [0.15, 0.2) is 0 Å². The maximum atomic E-state index is 12.7. The van der Waals surface area contributed by atoms with Gasteiger partial charge in [-0.25, -0.2) is 8.42 Å². The van der Waals surface area contributed by atoms with Gasteiger partial charge in [-0.2, -0.15) is 4.31 Å². The van der Waals surface area contributed by atoms with E-state index in [9.17, 15) is 8.42 Å². The second kappa shape index (κ2) is 6.26. The predicted molar refractivity (Wildman–Crippen MR) is 75.0 cm³/mol.